The number of hydrogen-bond acceptors (Lipinski definition) is 5. The molecule has 1 saturated carbocycles. The Bertz CT molecular complexity index is 1490. The predicted molar refractivity (Wildman–Crippen MR) is 167 cm³/mol. The van der Waals surface area contributed by atoms with E-state index in [-0.39, 0.29) is 12.0 Å². The van der Waals surface area contributed by atoms with Crippen LogP contribution in [0.2, 0.25) is 5.02 Å². The standard InChI is InChI=1S/C37H37ClO5/c1-2-40-31-16-13-26(14-17-31)21-30-22-29(15-18-33(30)38)34-36(42-24-28-11-7-4-8-12-28)35(32-19-20-37(32,25-39)43-34)41-23-27-9-5-3-6-10-27/h3-18,22,25,32,34-36H,2,19-21,23-24H2,1H3/t32-,34+,35+,36+,37+/m1/s1. The lowest BCUT2D eigenvalue weighted by Gasteiger charge is -2.57. The minimum atomic E-state index is -0.895. The van der Waals surface area contributed by atoms with E-state index in [0.29, 0.717) is 37.7 Å². The number of fused-ring (bicyclic) bond motifs is 1. The van der Waals surface area contributed by atoms with E-state index >= 15 is 0 Å². The van der Waals surface area contributed by atoms with Crippen LogP contribution in [0.1, 0.15) is 53.7 Å². The molecule has 1 heterocycles. The van der Waals surface area contributed by atoms with Crippen molar-refractivity contribution in [2.45, 2.75) is 63.3 Å². The highest BCUT2D eigenvalue weighted by Gasteiger charge is 2.61. The Morgan fingerprint density at radius 1 is 0.837 bits per heavy atom. The van der Waals surface area contributed by atoms with Crippen LogP contribution in [-0.4, -0.2) is 30.7 Å². The molecule has 43 heavy (non-hydrogen) atoms. The highest BCUT2D eigenvalue weighted by molar-refractivity contribution is 6.31. The maximum atomic E-state index is 12.6. The molecule has 1 saturated heterocycles. The quantitative estimate of drug-likeness (QED) is 0.156. The molecule has 2 aliphatic rings. The molecule has 0 bridgehead atoms. The average Bonchev–Trinajstić information content (AvgIpc) is 3.03. The molecule has 222 valence electrons. The molecular weight excluding hydrogens is 560 g/mol. The summed E-state index contributed by atoms with van der Waals surface area (Å²) in [4.78, 5) is 12.6. The Hall–Kier alpha value is -3.48. The molecule has 1 aliphatic carbocycles. The summed E-state index contributed by atoms with van der Waals surface area (Å²) in [6.45, 7) is 3.44. The van der Waals surface area contributed by atoms with Crippen LogP contribution in [-0.2, 0) is 38.6 Å². The van der Waals surface area contributed by atoms with Crippen LogP contribution in [0.3, 0.4) is 0 Å². The van der Waals surface area contributed by atoms with Gasteiger partial charge in [-0.15, -0.1) is 0 Å². The third-order valence-corrected chi connectivity index (χ3v) is 9.00. The van der Waals surface area contributed by atoms with Crippen LogP contribution < -0.4 is 4.74 Å². The zero-order valence-corrected chi connectivity index (χ0v) is 25.1. The summed E-state index contributed by atoms with van der Waals surface area (Å²) in [7, 11) is 0. The molecular formula is C37H37ClO5. The topological polar surface area (TPSA) is 54.0 Å². The Labute approximate surface area is 258 Å². The monoisotopic (exact) mass is 596 g/mol. The van der Waals surface area contributed by atoms with Crippen molar-refractivity contribution in [3.05, 3.63) is 136 Å². The van der Waals surface area contributed by atoms with Gasteiger partial charge >= 0.3 is 0 Å². The molecule has 0 amide bonds. The number of halogens is 1. The number of rotatable bonds is 12. The zero-order valence-electron chi connectivity index (χ0n) is 24.4. The van der Waals surface area contributed by atoms with Crippen molar-refractivity contribution >= 4 is 17.9 Å². The van der Waals surface area contributed by atoms with E-state index in [1.165, 1.54) is 0 Å². The van der Waals surface area contributed by atoms with E-state index in [0.717, 1.165) is 46.3 Å². The lowest BCUT2D eigenvalue weighted by Crippen LogP contribution is -2.65. The summed E-state index contributed by atoms with van der Waals surface area (Å²) >= 11 is 6.73. The number of benzene rings is 4. The minimum absolute atomic E-state index is 0.0821. The first-order chi connectivity index (χ1) is 21.1. The lowest BCUT2D eigenvalue weighted by molar-refractivity contribution is -0.292. The maximum absolute atomic E-state index is 12.6. The van der Waals surface area contributed by atoms with E-state index in [1.807, 2.05) is 67.6 Å². The van der Waals surface area contributed by atoms with Gasteiger partial charge in [-0.05, 0) is 72.2 Å². The number of carbonyl (C=O) groups is 1. The lowest BCUT2D eigenvalue weighted by atomic mass is 9.63. The summed E-state index contributed by atoms with van der Waals surface area (Å²) in [6.07, 6.45) is 1.88. The molecule has 0 aromatic heterocycles. The summed E-state index contributed by atoms with van der Waals surface area (Å²) in [5.74, 6) is 0.761. The molecule has 6 rings (SSSR count). The molecule has 4 aromatic rings. The van der Waals surface area contributed by atoms with Gasteiger partial charge in [0, 0.05) is 10.9 Å². The fourth-order valence-corrected chi connectivity index (χ4v) is 6.43. The van der Waals surface area contributed by atoms with Crippen LogP contribution >= 0.6 is 11.6 Å². The minimum Gasteiger partial charge on any atom is -0.494 e. The summed E-state index contributed by atoms with van der Waals surface area (Å²) in [5.41, 5.74) is 4.27. The van der Waals surface area contributed by atoms with Gasteiger partial charge in [-0.2, -0.15) is 0 Å². The first-order valence-corrected chi connectivity index (χ1v) is 15.4. The van der Waals surface area contributed by atoms with Crippen molar-refractivity contribution in [3.63, 3.8) is 0 Å². The highest BCUT2D eigenvalue weighted by atomic mass is 35.5. The second-order valence-electron chi connectivity index (χ2n) is 11.4. The van der Waals surface area contributed by atoms with Crippen LogP contribution in [0.15, 0.2) is 103 Å². The van der Waals surface area contributed by atoms with Crippen molar-refractivity contribution in [1.29, 1.82) is 0 Å². The predicted octanol–water partition coefficient (Wildman–Crippen LogP) is 7.92. The van der Waals surface area contributed by atoms with E-state index in [4.69, 9.17) is 30.5 Å². The van der Waals surface area contributed by atoms with Gasteiger partial charge in [-0.1, -0.05) is 96.5 Å². The van der Waals surface area contributed by atoms with Crippen molar-refractivity contribution in [2.75, 3.05) is 6.61 Å². The normalized spacial score (nSPS) is 24.5. The third-order valence-electron chi connectivity index (χ3n) is 8.64. The zero-order chi connectivity index (χ0) is 29.6. The van der Waals surface area contributed by atoms with Crippen molar-refractivity contribution in [2.24, 2.45) is 5.92 Å². The number of aldehydes is 1. The van der Waals surface area contributed by atoms with Gasteiger partial charge in [0.2, 0.25) is 0 Å². The summed E-state index contributed by atoms with van der Waals surface area (Å²) < 4.78 is 25.7. The molecule has 5 atom stereocenters. The molecule has 0 N–H and O–H groups in total. The molecule has 0 radical (unpaired) electrons. The van der Waals surface area contributed by atoms with E-state index in [9.17, 15) is 4.79 Å². The Kier molecular flexibility index (Phi) is 9.25. The van der Waals surface area contributed by atoms with Gasteiger partial charge in [0.25, 0.3) is 0 Å². The smallest absolute Gasteiger partial charge is 0.152 e. The van der Waals surface area contributed by atoms with Crippen LogP contribution in [0, 0.1) is 5.92 Å². The average molecular weight is 597 g/mol. The molecule has 2 fully saturated rings. The van der Waals surface area contributed by atoms with Crippen LogP contribution in [0.4, 0.5) is 0 Å². The summed E-state index contributed by atoms with van der Waals surface area (Å²) in [6, 6.07) is 34.3. The van der Waals surface area contributed by atoms with E-state index in [2.05, 4.69) is 42.5 Å². The molecule has 4 aromatic carbocycles. The van der Waals surface area contributed by atoms with Gasteiger partial charge in [-0.25, -0.2) is 0 Å². The van der Waals surface area contributed by atoms with Crippen molar-refractivity contribution in [1.82, 2.24) is 0 Å². The number of carbonyl (C=O) groups excluding carboxylic acids is 1. The molecule has 5 nitrogen and oxygen atoms in total. The first-order valence-electron chi connectivity index (χ1n) is 15.0. The van der Waals surface area contributed by atoms with Gasteiger partial charge < -0.3 is 23.7 Å². The maximum Gasteiger partial charge on any atom is 0.152 e. The Balaban J connectivity index is 1.32. The Morgan fingerprint density at radius 2 is 1.49 bits per heavy atom. The van der Waals surface area contributed by atoms with Gasteiger partial charge in [0.15, 0.2) is 6.29 Å². The molecule has 6 heteroatoms. The second-order valence-corrected chi connectivity index (χ2v) is 11.8. The van der Waals surface area contributed by atoms with Gasteiger partial charge in [0.1, 0.15) is 23.6 Å². The SMILES string of the molecule is CCOc1ccc(Cc2cc([C@@H]3O[C@]4(C=O)CC[C@@H]4[C@H](OCc4ccccc4)[C@H]3OCc3ccccc3)ccc2Cl)cc1. The van der Waals surface area contributed by atoms with Crippen molar-refractivity contribution in [3.8, 4) is 5.75 Å². The largest absolute Gasteiger partial charge is 0.494 e. The highest BCUT2D eigenvalue weighted by Crippen LogP contribution is 2.53. The third kappa shape index (κ3) is 6.56. The molecule has 0 unspecified atom stereocenters. The van der Waals surface area contributed by atoms with E-state index in [1.54, 1.807) is 0 Å². The molecule has 0 spiro atoms. The Morgan fingerprint density at radius 3 is 2.07 bits per heavy atom. The van der Waals surface area contributed by atoms with Crippen molar-refractivity contribution < 1.29 is 23.7 Å². The van der Waals surface area contributed by atoms with Crippen LogP contribution in [0.5, 0.6) is 5.75 Å². The first kappa shape index (κ1) is 29.6. The fraction of sp³-hybridized carbons (Fsp3) is 0.324. The molecule has 1 aliphatic heterocycles. The van der Waals surface area contributed by atoms with Crippen LogP contribution in [0.25, 0.3) is 0 Å². The van der Waals surface area contributed by atoms with E-state index < -0.39 is 17.8 Å². The number of ether oxygens (including phenoxy) is 4. The summed E-state index contributed by atoms with van der Waals surface area (Å²) in [5, 5.41) is 0.679. The number of hydrogen-bond donors (Lipinski definition) is 0. The second kappa shape index (κ2) is 13.4. The van der Waals surface area contributed by atoms with Gasteiger partial charge in [0.05, 0.1) is 25.9 Å². The van der Waals surface area contributed by atoms with Gasteiger partial charge in [-0.3, -0.25) is 0 Å². The fourth-order valence-electron chi connectivity index (χ4n) is 6.24.